The number of likely N-dealkylation sites (tertiary alicyclic amines) is 1. The highest BCUT2D eigenvalue weighted by molar-refractivity contribution is 5.78. The Bertz CT molecular complexity index is 469. The van der Waals surface area contributed by atoms with Crippen molar-refractivity contribution in [3.05, 3.63) is 17.5 Å². The largest absolute Gasteiger partial charge is 0.481 e. The lowest BCUT2D eigenvalue weighted by Gasteiger charge is -2.30. The molecule has 0 radical (unpaired) electrons. The Hall–Kier alpha value is -1.85. The summed E-state index contributed by atoms with van der Waals surface area (Å²) in [5.41, 5.74) is 1.73. The molecule has 1 fully saturated rings. The lowest BCUT2D eigenvalue weighted by Crippen LogP contribution is -2.42. The standard InChI is InChI=1S/C13H18N2O4/c1-9-11(8-19-14-9)4-5-12(16)15-6-2-3-10(7-15)13(17)18/h8,10H,2-7H2,1H3,(H,17,18). The van der Waals surface area contributed by atoms with E-state index in [1.165, 1.54) is 0 Å². The Labute approximate surface area is 111 Å². The van der Waals surface area contributed by atoms with Gasteiger partial charge in [0, 0.05) is 25.1 Å². The molecule has 1 saturated heterocycles. The van der Waals surface area contributed by atoms with E-state index in [2.05, 4.69) is 5.16 Å². The summed E-state index contributed by atoms with van der Waals surface area (Å²) in [7, 11) is 0. The molecule has 1 aromatic heterocycles. The Morgan fingerprint density at radius 1 is 1.58 bits per heavy atom. The van der Waals surface area contributed by atoms with Gasteiger partial charge in [0.05, 0.1) is 11.6 Å². The molecule has 1 amide bonds. The van der Waals surface area contributed by atoms with Crippen molar-refractivity contribution in [1.29, 1.82) is 0 Å². The minimum absolute atomic E-state index is 0.00606. The molecular formula is C13H18N2O4. The van der Waals surface area contributed by atoms with Crippen LogP contribution in [0.2, 0.25) is 0 Å². The maximum Gasteiger partial charge on any atom is 0.308 e. The van der Waals surface area contributed by atoms with Gasteiger partial charge in [0.15, 0.2) is 0 Å². The molecule has 2 heterocycles. The van der Waals surface area contributed by atoms with Crippen molar-refractivity contribution in [3.63, 3.8) is 0 Å². The molecule has 0 aromatic carbocycles. The second-order valence-corrected chi connectivity index (χ2v) is 4.94. The van der Waals surface area contributed by atoms with Gasteiger partial charge in [-0.05, 0) is 26.2 Å². The highest BCUT2D eigenvalue weighted by Gasteiger charge is 2.27. The quantitative estimate of drug-likeness (QED) is 0.886. The second-order valence-electron chi connectivity index (χ2n) is 4.94. The third-order valence-electron chi connectivity index (χ3n) is 3.58. The molecule has 1 aliphatic heterocycles. The zero-order chi connectivity index (χ0) is 13.8. The van der Waals surface area contributed by atoms with E-state index in [0.717, 1.165) is 17.7 Å². The number of carboxylic acid groups (broad SMARTS) is 1. The van der Waals surface area contributed by atoms with Crippen LogP contribution in [0.25, 0.3) is 0 Å². The van der Waals surface area contributed by atoms with Crippen molar-refractivity contribution in [3.8, 4) is 0 Å². The Morgan fingerprint density at radius 2 is 2.37 bits per heavy atom. The number of carbonyl (C=O) groups excluding carboxylic acids is 1. The number of carboxylic acids is 1. The predicted molar refractivity (Wildman–Crippen MR) is 66.5 cm³/mol. The van der Waals surface area contributed by atoms with E-state index in [4.69, 9.17) is 9.63 Å². The average Bonchev–Trinajstić information content (AvgIpc) is 2.81. The van der Waals surface area contributed by atoms with Crippen LogP contribution in [0.15, 0.2) is 10.8 Å². The summed E-state index contributed by atoms with van der Waals surface area (Å²) in [5.74, 6) is -1.23. The van der Waals surface area contributed by atoms with E-state index in [0.29, 0.717) is 32.4 Å². The van der Waals surface area contributed by atoms with Crippen molar-refractivity contribution in [2.75, 3.05) is 13.1 Å². The second kappa shape index (κ2) is 5.86. The summed E-state index contributed by atoms with van der Waals surface area (Å²) < 4.78 is 4.82. The SMILES string of the molecule is Cc1nocc1CCC(=O)N1CCCC(C(=O)O)C1. The summed E-state index contributed by atoms with van der Waals surface area (Å²) in [6.45, 7) is 2.83. The van der Waals surface area contributed by atoms with Crippen LogP contribution in [-0.2, 0) is 16.0 Å². The zero-order valence-electron chi connectivity index (χ0n) is 11.0. The van der Waals surface area contributed by atoms with E-state index in [9.17, 15) is 9.59 Å². The van der Waals surface area contributed by atoms with Crippen LogP contribution < -0.4 is 0 Å². The minimum atomic E-state index is -0.813. The molecule has 6 nitrogen and oxygen atoms in total. The topological polar surface area (TPSA) is 83.6 Å². The fourth-order valence-corrected chi connectivity index (χ4v) is 2.36. The van der Waals surface area contributed by atoms with Gasteiger partial charge in [-0.2, -0.15) is 0 Å². The number of rotatable bonds is 4. The van der Waals surface area contributed by atoms with E-state index >= 15 is 0 Å². The van der Waals surface area contributed by atoms with Crippen LogP contribution in [0.5, 0.6) is 0 Å². The Kier molecular flexibility index (Phi) is 4.19. The highest BCUT2D eigenvalue weighted by atomic mass is 16.5. The van der Waals surface area contributed by atoms with Crippen molar-refractivity contribution in [1.82, 2.24) is 10.1 Å². The third-order valence-corrected chi connectivity index (χ3v) is 3.58. The first-order chi connectivity index (χ1) is 9.08. The zero-order valence-corrected chi connectivity index (χ0v) is 11.0. The van der Waals surface area contributed by atoms with Crippen LogP contribution in [-0.4, -0.2) is 40.1 Å². The summed E-state index contributed by atoms with van der Waals surface area (Å²) >= 11 is 0. The summed E-state index contributed by atoms with van der Waals surface area (Å²) in [5, 5.41) is 12.8. The number of aryl methyl sites for hydroxylation is 2. The van der Waals surface area contributed by atoms with Crippen molar-refractivity contribution in [2.45, 2.75) is 32.6 Å². The first-order valence-electron chi connectivity index (χ1n) is 6.48. The molecule has 0 saturated carbocycles. The van der Waals surface area contributed by atoms with Gasteiger partial charge < -0.3 is 14.5 Å². The number of hydrogen-bond acceptors (Lipinski definition) is 4. The number of piperidine rings is 1. The molecule has 19 heavy (non-hydrogen) atoms. The monoisotopic (exact) mass is 266 g/mol. The molecule has 1 aromatic rings. The molecule has 6 heteroatoms. The molecule has 1 aliphatic rings. The molecule has 104 valence electrons. The number of aromatic nitrogens is 1. The minimum Gasteiger partial charge on any atom is -0.481 e. The van der Waals surface area contributed by atoms with Gasteiger partial charge >= 0.3 is 5.97 Å². The maximum atomic E-state index is 12.1. The van der Waals surface area contributed by atoms with Crippen LogP contribution >= 0.6 is 0 Å². The van der Waals surface area contributed by atoms with Crippen molar-refractivity contribution in [2.24, 2.45) is 5.92 Å². The molecule has 1 atom stereocenters. The van der Waals surface area contributed by atoms with Gasteiger partial charge in [0.2, 0.25) is 5.91 Å². The maximum absolute atomic E-state index is 12.1. The highest BCUT2D eigenvalue weighted by Crippen LogP contribution is 2.18. The number of carbonyl (C=O) groups is 2. The Morgan fingerprint density at radius 3 is 3.00 bits per heavy atom. The normalized spacial score (nSPS) is 19.4. The van der Waals surface area contributed by atoms with Crippen LogP contribution in [0.4, 0.5) is 0 Å². The fourth-order valence-electron chi connectivity index (χ4n) is 2.36. The Balaban J connectivity index is 1.86. The van der Waals surface area contributed by atoms with E-state index in [1.807, 2.05) is 6.92 Å². The van der Waals surface area contributed by atoms with Crippen LogP contribution in [0.1, 0.15) is 30.5 Å². The smallest absolute Gasteiger partial charge is 0.308 e. The molecular weight excluding hydrogens is 248 g/mol. The van der Waals surface area contributed by atoms with Gasteiger partial charge in [-0.3, -0.25) is 9.59 Å². The predicted octanol–water partition coefficient (Wildman–Crippen LogP) is 1.24. The number of aliphatic carboxylic acids is 1. The third kappa shape index (κ3) is 3.33. The van der Waals surface area contributed by atoms with Crippen molar-refractivity contribution < 1.29 is 19.2 Å². The van der Waals surface area contributed by atoms with Gasteiger partial charge in [-0.1, -0.05) is 5.16 Å². The summed E-state index contributed by atoms with van der Waals surface area (Å²) in [4.78, 5) is 24.7. The molecule has 0 aliphatic carbocycles. The van der Waals surface area contributed by atoms with Gasteiger partial charge in [-0.15, -0.1) is 0 Å². The van der Waals surface area contributed by atoms with E-state index in [1.54, 1.807) is 11.2 Å². The summed E-state index contributed by atoms with van der Waals surface area (Å²) in [6, 6.07) is 0. The lowest BCUT2D eigenvalue weighted by atomic mass is 9.98. The molecule has 2 rings (SSSR count). The summed E-state index contributed by atoms with van der Waals surface area (Å²) in [6.07, 6.45) is 3.93. The van der Waals surface area contributed by atoms with Crippen LogP contribution in [0, 0.1) is 12.8 Å². The lowest BCUT2D eigenvalue weighted by molar-refractivity contribution is -0.145. The number of amides is 1. The van der Waals surface area contributed by atoms with Gasteiger partial charge in [-0.25, -0.2) is 0 Å². The number of nitrogens with zero attached hydrogens (tertiary/aromatic N) is 2. The van der Waals surface area contributed by atoms with Crippen molar-refractivity contribution >= 4 is 11.9 Å². The van der Waals surface area contributed by atoms with E-state index < -0.39 is 11.9 Å². The van der Waals surface area contributed by atoms with Gasteiger partial charge in [0.1, 0.15) is 6.26 Å². The first-order valence-corrected chi connectivity index (χ1v) is 6.48. The molecule has 0 spiro atoms. The van der Waals surface area contributed by atoms with Gasteiger partial charge in [0.25, 0.3) is 0 Å². The molecule has 0 bridgehead atoms. The van der Waals surface area contributed by atoms with E-state index in [-0.39, 0.29) is 5.91 Å². The molecule has 1 N–H and O–H groups in total. The number of hydrogen-bond donors (Lipinski definition) is 1. The average molecular weight is 266 g/mol. The first kappa shape index (κ1) is 13.6. The molecule has 1 unspecified atom stereocenters. The van der Waals surface area contributed by atoms with Crippen LogP contribution in [0.3, 0.4) is 0 Å². The fraction of sp³-hybridized carbons (Fsp3) is 0.615.